The standard InChI is InChI=1S/C22H22N2O4/c1-15(2)17-7-9-19(10-8-17)24-21(25)14-28-22(26)18(13-23)11-16-5-4-6-20(12-16)27-3/h4-12,15H,14H2,1-3H3,(H,24,25)/b18-11+. The van der Waals surface area contributed by atoms with Gasteiger partial charge in [-0.25, -0.2) is 4.79 Å². The zero-order valence-electron chi connectivity index (χ0n) is 16.1. The van der Waals surface area contributed by atoms with Gasteiger partial charge in [-0.15, -0.1) is 0 Å². The number of carbonyl (C=O) groups excluding carboxylic acids is 2. The smallest absolute Gasteiger partial charge is 0.349 e. The molecule has 28 heavy (non-hydrogen) atoms. The number of nitriles is 1. The normalized spacial score (nSPS) is 10.9. The van der Waals surface area contributed by atoms with E-state index < -0.39 is 18.5 Å². The van der Waals surface area contributed by atoms with Crippen molar-refractivity contribution in [2.24, 2.45) is 0 Å². The van der Waals surface area contributed by atoms with Gasteiger partial charge in [-0.2, -0.15) is 5.26 Å². The first-order valence-electron chi connectivity index (χ1n) is 8.75. The van der Waals surface area contributed by atoms with Crippen molar-refractivity contribution < 1.29 is 19.1 Å². The van der Waals surface area contributed by atoms with Crippen LogP contribution in [-0.4, -0.2) is 25.6 Å². The minimum atomic E-state index is -0.865. The largest absolute Gasteiger partial charge is 0.497 e. The van der Waals surface area contributed by atoms with Crippen molar-refractivity contribution in [2.75, 3.05) is 19.0 Å². The van der Waals surface area contributed by atoms with Crippen molar-refractivity contribution in [1.29, 1.82) is 5.26 Å². The topological polar surface area (TPSA) is 88.4 Å². The summed E-state index contributed by atoms with van der Waals surface area (Å²) < 4.78 is 10.1. The van der Waals surface area contributed by atoms with E-state index in [1.165, 1.54) is 13.2 Å². The number of nitrogens with zero attached hydrogens (tertiary/aromatic N) is 1. The quantitative estimate of drug-likeness (QED) is 0.448. The number of nitrogens with one attached hydrogen (secondary N) is 1. The maximum Gasteiger partial charge on any atom is 0.349 e. The highest BCUT2D eigenvalue weighted by molar-refractivity contribution is 6.00. The summed E-state index contributed by atoms with van der Waals surface area (Å²) in [6.07, 6.45) is 1.38. The number of hydrogen-bond acceptors (Lipinski definition) is 5. The molecule has 144 valence electrons. The average Bonchev–Trinajstić information content (AvgIpc) is 2.70. The fourth-order valence-electron chi connectivity index (χ4n) is 2.39. The van der Waals surface area contributed by atoms with Crippen molar-refractivity contribution in [2.45, 2.75) is 19.8 Å². The van der Waals surface area contributed by atoms with E-state index >= 15 is 0 Å². The minimum absolute atomic E-state index is 0.206. The van der Waals surface area contributed by atoms with E-state index in [-0.39, 0.29) is 5.57 Å². The Labute approximate surface area is 164 Å². The van der Waals surface area contributed by atoms with E-state index in [1.54, 1.807) is 42.5 Å². The Bertz CT molecular complexity index is 909. The summed E-state index contributed by atoms with van der Waals surface area (Å²) in [6, 6.07) is 16.1. The van der Waals surface area contributed by atoms with Crippen LogP contribution in [0.15, 0.2) is 54.1 Å². The minimum Gasteiger partial charge on any atom is -0.497 e. The molecule has 1 N–H and O–H groups in total. The molecule has 2 aromatic rings. The summed E-state index contributed by atoms with van der Waals surface area (Å²) >= 11 is 0. The van der Waals surface area contributed by atoms with Crippen LogP contribution in [0.3, 0.4) is 0 Å². The van der Waals surface area contributed by atoms with Crippen molar-refractivity contribution in [1.82, 2.24) is 0 Å². The maximum atomic E-state index is 12.1. The lowest BCUT2D eigenvalue weighted by Gasteiger charge is -2.09. The molecule has 6 nitrogen and oxygen atoms in total. The highest BCUT2D eigenvalue weighted by Crippen LogP contribution is 2.17. The van der Waals surface area contributed by atoms with Gasteiger partial charge < -0.3 is 14.8 Å². The molecule has 0 saturated carbocycles. The van der Waals surface area contributed by atoms with Crippen molar-refractivity contribution in [3.63, 3.8) is 0 Å². The number of carbonyl (C=O) groups is 2. The molecule has 0 aromatic heterocycles. The SMILES string of the molecule is COc1cccc(/C=C(\C#N)C(=O)OCC(=O)Nc2ccc(C(C)C)cc2)c1. The van der Waals surface area contributed by atoms with Gasteiger partial charge in [0.25, 0.3) is 5.91 Å². The fourth-order valence-corrected chi connectivity index (χ4v) is 2.39. The van der Waals surface area contributed by atoms with Crippen LogP contribution in [0.5, 0.6) is 5.75 Å². The van der Waals surface area contributed by atoms with Crippen LogP contribution in [0.25, 0.3) is 6.08 Å². The number of hydrogen-bond donors (Lipinski definition) is 1. The van der Waals surface area contributed by atoms with Crippen molar-refractivity contribution in [3.8, 4) is 11.8 Å². The molecule has 0 saturated heterocycles. The second-order valence-corrected chi connectivity index (χ2v) is 6.35. The fraction of sp³-hybridized carbons (Fsp3) is 0.227. The number of benzene rings is 2. The molecule has 0 fully saturated rings. The third kappa shape index (κ3) is 5.99. The number of rotatable bonds is 7. The van der Waals surface area contributed by atoms with Gasteiger partial charge in [0.2, 0.25) is 0 Å². The molecule has 0 radical (unpaired) electrons. The Hall–Kier alpha value is -3.59. The van der Waals surface area contributed by atoms with Gasteiger partial charge in [0.05, 0.1) is 7.11 Å². The third-order valence-corrected chi connectivity index (χ3v) is 3.94. The van der Waals surface area contributed by atoms with Gasteiger partial charge in [0.1, 0.15) is 17.4 Å². The number of esters is 1. The molecule has 0 aliphatic rings. The molecule has 2 rings (SSSR count). The molecule has 0 heterocycles. The molecular formula is C22H22N2O4. The lowest BCUT2D eigenvalue weighted by Crippen LogP contribution is -2.21. The predicted molar refractivity (Wildman–Crippen MR) is 107 cm³/mol. The van der Waals surface area contributed by atoms with Gasteiger partial charge in [-0.05, 0) is 47.4 Å². The Kier molecular flexibility index (Phi) is 7.35. The first-order valence-corrected chi connectivity index (χ1v) is 8.75. The second-order valence-electron chi connectivity index (χ2n) is 6.35. The average molecular weight is 378 g/mol. The highest BCUT2D eigenvalue weighted by atomic mass is 16.5. The number of anilines is 1. The highest BCUT2D eigenvalue weighted by Gasteiger charge is 2.13. The molecule has 0 bridgehead atoms. The van der Waals surface area contributed by atoms with Crippen molar-refractivity contribution >= 4 is 23.6 Å². The monoisotopic (exact) mass is 378 g/mol. The summed E-state index contributed by atoms with van der Waals surface area (Å²) in [4.78, 5) is 24.1. The molecule has 0 aliphatic heterocycles. The molecule has 1 amide bonds. The van der Waals surface area contributed by atoms with Crippen LogP contribution < -0.4 is 10.1 Å². The van der Waals surface area contributed by atoms with Crippen molar-refractivity contribution in [3.05, 3.63) is 65.2 Å². The molecule has 2 aromatic carbocycles. The van der Waals surface area contributed by atoms with E-state index in [0.29, 0.717) is 22.9 Å². The van der Waals surface area contributed by atoms with Crippen LogP contribution in [0.1, 0.15) is 30.9 Å². The lowest BCUT2D eigenvalue weighted by atomic mass is 10.0. The van der Waals surface area contributed by atoms with E-state index in [4.69, 9.17) is 9.47 Å². The van der Waals surface area contributed by atoms with E-state index in [9.17, 15) is 14.9 Å². The first-order chi connectivity index (χ1) is 13.4. The Morgan fingerprint density at radius 3 is 2.50 bits per heavy atom. The molecule has 0 unspecified atom stereocenters. The molecule has 0 spiro atoms. The third-order valence-electron chi connectivity index (χ3n) is 3.94. The van der Waals surface area contributed by atoms with E-state index in [2.05, 4.69) is 19.2 Å². The molecule has 0 aliphatic carbocycles. The molecular weight excluding hydrogens is 356 g/mol. The summed E-state index contributed by atoms with van der Waals surface area (Å²) in [5.74, 6) is -0.353. The number of methoxy groups -OCH3 is 1. The second kappa shape index (κ2) is 9.93. The zero-order valence-corrected chi connectivity index (χ0v) is 16.1. The van der Waals surface area contributed by atoms with Crippen LogP contribution in [0, 0.1) is 11.3 Å². The summed E-state index contributed by atoms with van der Waals surface area (Å²) in [7, 11) is 1.53. The van der Waals surface area contributed by atoms with Crippen LogP contribution in [-0.2, 0) is 14.3 Å². The Morgan fingerprint density at radius 2 is 1.89 bits per heavy atom. The summed E-state index contributed by atoms with van der Waals surface area (Å²) in [5.41, 5.74) is 2.17. The van der Waals surface area contributed by atoms with Crippen LogP contribution >= 0.6 is 0 Å². The Morgan fingerprint density at radius 1 is 1.18 bits per heavy atom. The van der Waals surface area contributed by atoms with Gasteiger partial charge in [-0.3, -0.25) is 4.79 Å². The van der Waals surface area contributed by atoms with Gasteiger partial charge in [-0.1, -0.05) is 38.1 Å². The summed E-state index contributed by atoms with van der Waals surface area (Å²) in [5, 5.41) is 11.9. The first kappa shape index (κ1) is 20.7. The maximum absolute atomic E-state index is 12.1. The predicted octanol–water partition coefficient (Wildman–Crippen LogP) is 3.91. The van der Waals surface area contributed by atoms with Gasteiger partial charge in [0.15, 0.2) is 6.61 Å². The van der Waals surface area contributed by atoms with Gasteiger partial charge >= 0.3 is 5.97 Å². The number of ether oxygens (including phenoxy) is 2. The summed E-state index contributed by atoms with van der Waals surface area (Å²) in [6.45, 7) is 3.68. The van der Waals surface area contributed by atoms with Crippen LogP contribution in [0.2, 0.25) is 0 Å². The number of amides is 1. The van der Waals surface area contributed by atoms with E-state index in [1.807, 2.05) is 12.1 Å². The molecule has 0 atom stereocenters. The van der Waals surface area contributed by atoms with Crippen LogP contribution in [0.4, 0.5) is 5.69 Å². The molecule has 6 heteroatoms. The Balaban J connectivity index is 1.94. The van der Waals surface area contributed by atoms with Gasteiger partial charge in [0, 0.05) is 5.69 Å². The zero-order chi connectivity index (χ0) is 20.5. The van der Waals surface area contributed by atoms with E-state index in [0.717, 1.165) is 5.56 Å². The lowest BCUT2D eigenvalue weighted by molar-refractivity contribution is -0.142.